The van der Waals surface area contributed by atoms with Crippen molar-refractivity contribution in [1.29, 1.82) is 5.26 Å². The van der Waals surface area contributed by atoms with E-state index in [9.17, 15) is 0 Å². The number of aryl methyl sites for hydroxylation is 1. The van der Waals surface area contributed by atoms with Crippen LogP contribution in [0.25, 0.3) is 0 Å². The molecule has 3 nitrogen and oxygen atoms in total. The first-order valence-corrected chi connectivity index (χ1v) is 5.86. The fraction of sp³-hybridized carbons (Fsp3) is 0.0769. The Morgan fingerprint density at radius 2 is 2.06 bits per heavy atom. The van der Waals surface area contributed by atoms with Crippen LogP contribution >= 0.6 is 15.9 Å². The van der Waals surface area contributed by atoms with Crippen LogP contribution in [-0.2, 0) is 0 Å². The number of nitriles is 1. The van der Waals surface area contributed by atoms with Crippen molar-refractivity contribution in [2.75, 3.05) is 5.32 Å². The summed E-state index contributed by atoms with van der Waals surface area (Å²) >= 11 is 3.36. The largest absolute Gasteiger partial charge is 0.354 e. The molecule has 0 saturated carbocycles. The molecule has 0 radical (unpaired) electrons. The van der Waals surface area contributed by atoms with E-state index in [4.69, 9.17) is 5.26 Å². The molecule has 0 fully saturated rings. The number of hydrogen-bond donors (Lipinski definition) is 1. The Hall–Kier alpha value is -1.86. The van der Waals surface area contributed by atoms with Gasteiger partial charge in [0.1, 0.15) is 6.07 Å². The number of benzene rings is 1. The summed E-state index contributed by atoms with van der Waals surface area (Å²) in [4.78, 5) is 4.11. The van der Waals surface area contributed by atoms with Gasteiger partial charge in [-0.05, 0) is 52.7 Å². The van der Waals surface area contributed by atoms with Crippen molar-refractivity contribution < 1.29 is 0 Å². The van der Waals surface area contributed by atoms with Crippen LogP contribution in [0.1, 0.15) is 11.1 Å². The zero-order valence-corrected chi connectivity index (χ0v) is 10.8. The van der Waals surface area contributed by atoms with Crippen LogP contribution in [0.5, 0.6) is 0 Å². The van der Waals surface area contributed by atoms with Crippen molar-refractivity contribution in [3.8, 4) is 6.07 Å². The van der Waals surface area contributed by atoms with E-state index in [1.807, 2.05) is 25.1 Å². The molecule has 0 atom stereocenters. The van der Waals surface area contributed by atoms with Crippen molar-refractivity contribution >= 4 is 27.3 Å². The molecule has 0 spiro atoms. The van der Waals surface area contributed by atoms with Gasteiger partial charge in [0.25, 0.3) is 0 Å². The summed E-state index contributed by atoms with van der Waals surface area (Å²) in [5, 5.41) is 12.1. The number of nitrogens with zero attached hydrogens (tertiary/aromatic N) is 2. The quantitative estimate of drug-likeness (QED) is 0.915. The molecule has 0 bridgehead atoms. The van der Waals surface area contributed by atoms with Crippen LogP contribution in [0.15, 0.2) is 41.1 Å². The van der Waals surface area contributed by atoms with Crippen molar-refractivity contribution in [2.24, 2.45) is 0 Å². The maximum atomic E-state index is 8.83. The molecule has 4 heteroatoms. The van der Waals surface area contributed by atoms with Gasteiger partial charge in [0.15, 0.2) is 0 Å². The molecule has 0 unspecified atom stereocenters. The highest BCUT2D eigenvalue weighted by Crippen LogP contribution is 2.23. The van der Waals surface area contributed by atoms with E-state index in [2.05, 4.69) is 32.3 Å². The van der Waals surface area contributed by atoms with Crippen molar-refractivity contribution in [3.63, 3.8) is 0 Å². The SMILES string of the molecule is Cc1cncc(Nc2ccc(C#N)c(Br)c2)c1. The molecule has 1 aromatic heterocycles. The maximum Gasteiger partial charge on any atom is 0.100 e. The van der Waals surface area contributed by atoms with Crippen molar-refractivity contribution in [1.82, 2.24) is 4.98 Å². The minimum atomic E-state index is 0.623. The third kappa shape index (κ3) is 2.83. The maximum absolute atomic E-state index is 8.83. The summed E-state index contributed by atoms with van der Waals surface area (Å²) in [5.41, 5.74) is 3.57. The monoisotopic (exact) mass is 287 g/mol. The highest BCUT2D eigenvalue weighted by atomic mass is 79.9. The van der Waals surface area contributed by atoms with E-state index in [0.717, 1.165) is 21.4 Å². The molecule has 0 aliphatic heterocycles. The van der Waals surface area contributed by atoms with Gasteiger partial charge in [0, 0.05) is 16.4 Å². The second kappa shape index (κ2) is 4.98. The van der Waals surface area contributed by atoms with Gasteiger partial charge >= 0.3 is 0 Å². The van der Waals surface area contributed by atoms with E-state index in [1.165, 1.54) is 0 Å². The molecule has 0 aliphatic rings. The average molecular weight is 288 g/mol. The second-order valence-corrected chi connectivity index (χ2v) is 4.54. The molecule has 1 heterocycles. The molecular weight excluding hydrogens is 278 g/mol. The first-order chi connectivity index (χ1) is 8.19. The molecular formula is C13H10BrN3. The molecule has 2 rings (SSSR count). The third-order valence-electron chi connectivity index (χ3n) is 2.25. The van der Waals surface area contributed by atoms with Gasteiger partial charge < -0.3 is 5.32 Å². The highest BCUT2D eigenvalue weighted by Gasteiger charge is 2.01. The second-order valence-electron chi connectivity index (χ2n) is 3.68. The zero-order valence-electron chi connectivity index (χ0n) is 9.24. The van der Waals surface area contributed by atoms with E-state index in [1.54, 1.807) is 18.5 Å². The first-order valence-electron chi connectivity index (χ1n) is 5.07. The van der Waals surface area contributed by atoms with Crippen LogP contribution in [-0.4, -0.2) is 4.98 Å². The predicted octanol–water partition coefficient (Wildman–Crippen LogP) is 3.77. The highest BCUT2D eigenvalue weighted by molar-refractivity contribution is 9.10. The third-order valence-corrected chi connectivity index (χ3v) is 2.91. The smallest absolute Gasteiger partial charge is 0.100 e. The summed E-state index contributed by atoms with van der Waals surface area (Å²) in [6.07, 6.45) is 3.57. The first kappa shape index (κ1) is 11.6. The standard InChI is InChI=1S/C13H10BrN3/c1-9-4-12(8-16-7-9)17-11-3-2-10(6-15)13(14)5-11/h2-5,7-8,17H,1H3. The Labute approximate surface area is 108 Å². The lowest BCUT2D eigenvalue weighted by molar-refractivity contribution is 1.26. The molecule has 84 valence electrons. The van der Waals surface area contributed by atoms with Gasteiger partial charge in [-0.15, -0.1) is 0 Å². The summed E-state index contributed by atoms with van der Waals surface area (Å²) in [6, 6.07) is 9.64. The van der Waals surface area contributed by atoms with Crippen LogP contribution in [0.3, 0.4) is 0 Å². The van der Waals surface area contributed by atoms with Crippen LogP contribution in [0.2, 0.25) is 0 Å². The van der Waals surface area contributed by atoms with Crippen LogP contribution in [0, 0.1) is 18.3 Å². The summed E-state index contributed by atoms with van der Waals surface area (Å²) in [5.74, 6) is 0. The number of anilines is 2. The number of aromatic nitrogens is 1. The molecule has 1 aromatic carbocycles. The van der Waals surface area contributed by atoms with Gasteiger partial charge in [-0.3, -0.25) is 4.98 Å². The molecule has 2 aromatic rings. The van der Waals surface area contributed by atoms with Crippen molar-refractivity contribution in [2.45, 2.75) is 6.92 Å². The van der Waals surface area contributed by atoms with Gasteiger partial charge in [-0.2, -0.15) is 5.26 Å². The van der Waals surface area contributed by atoms with E-state index in [0.29, 0.717) is 5.56 Å². The van der Waals surface area contributed by atoms with Gasteiger partial charge in [0.2, 0.25) is 0 Å². The lowest BCUT2D eigenvalue weighted by Crippen LogP contribution is -1.92. The minimum Gasteiger partial charge on any atom is -0.354 e. The van der Waals surface area contributed by atoms with Gasteiger partial charge in [-0.1, -0.05) is 0 Å². The summed E-state index contributed by atoms with van der Waals surface area (Å²) in [6.45, 7) is 1.99. The average Bonchev–Trinajstić information content (AvgIpc) is 2.29. The topological polar surface area (TPSA) is 48.7 Å². The van der Waals surface area contributed by atoms with Gasteiger partial charge in [-0.25, -0.2) is 0 Å². The fourth-order valence-corrected chi connectivity index (χ4v) is 1.94. The molecule has 0 saturated heterocycles. The van der Waals surface area contributed by atoms with Crippen molar-refractivity contribution in [3.05, 3.63) is 52.3 Å². The lowest BCUT2D eigenvalue weighted by Gasteiger charge is -2.07. The normalized spacial score (nSPS) is 9.71. The van der Waals surface area contributed by atoms with Crippen LogP contribution in [0.4, 0.5) is 11.4 Å². The Balaban J connectivity index is 2.25. The Morgan fingerprint density at radius 3 is 2.71 bits per heavy atom. The predicted molar refractivity (Wildman–Crippen MR) is 71.1 cm³/mol. The number of halogens is 1. The molecule has 0 amide bonds. The molecule has 0 aliphatic carbocycles. The lowest BCUT2D eigenvalue weighted by atomic mass is 10.2. The number of hydrogen-bond acceptors (Lipinski definition) is 3. The Morgan fingerprint density at radius 1 is 1.24 bits per heavy atom. The Bertz CT molecular complexity index is 587. The van der Waals surface area contributed by atoms with E-state index in [-0.39, 0.29) is 0 Å². The fourth-order valence-electron chi connectivity index (χ4n) is 1.47. The van der Waals surface area contributed by atoms with E-state index >= 15 is 0 Å². The van der Waals surface area contributed by atoms with Gasteiger partial charge in [0.05, 0.1) is 17.4 Å². The minimum absolute atomic E-state index is 0.623. The molecule has 1 N–H and O–H groups in total. The number of rotatable bonds is 2. The zero-order chi connectivity index (χ0) is 12.3. The molecule has 17 heavy (non-hydrogen) atoms. The number of pyridine rings is 1. The number of nitrogens with one attached hydrogen (secondary N) is 1. The Kier molecular flexibility index (Phi) is 3.40. The summed E-state index contributed by atoms with van der Waals surface area (Å²) in [7, 11) is 0. The summed E-state index contributed by atoms with van der Waals surface area (Å²) < 4.78 is 0.783. The van der Waals surface area contributed by atoms with E-state index < -0.39 is 0 Å². The van der Waals surface area contributed by atoms with Crippen LogP contribution < -0.4 is 5.32 Å².